The minimum atomic E-state index is -0.193. The first-order valence-corrected chi connectivity index (χ1v) is 8.45. The van der Waals surface area contributed by atoms with Crippen LogP contribution in [0.15, 0.2) is 18.2 Å². The molecular weight excluding hydrogens is 276 g/mol. The SMILES string of the molecule is CCOC(=O)CCOc1c(C(C)C)cccc1C(C)C1CC1. The van der Waals surface area contributed by atoms with Crippen molar-refractivity contribution in [2.45, 2.75) is 58.8 Å². The van der Waals surface area contributed by atoms with Gasteiger partial charge in [0.25, 0.3) is 0 Å². The van der Waals surface area contributed by atoms with Crippen LogP contribution in [0.2, 0.25) is 0 Å². The summed E-state index contributed by atoms with van der Waals surface area (Å²) < 4.78 is 11.0. The minimum Gasteiger partial charge on any atom is -0.492 e. The number of rotatable bonds is 8. The Bertz CT molecular complexity index is 503. The molecule has 1 aromatic carbocycles. The smallest absolute Gasteiger partial charge is 0.309 e. The molecule has 1 fully saturated rings. The van der Waals surface area contributed by atoms with Gasteiger partial charge in [-0.1, -0.05) is 39.0 Å². The molecule has 1 unspecified atom stereocenters. The van der Waals surface area contributed by atoms with Crippen LogP contribution in [0.25, 0.3) is 0 Å². The van der Waals surface area contributed by atoms with Crippen molar-refractivity contribution in [2.75, 3.05) is 13.2 Å². The largest absolute Gasteiger partial charge is 0.492 e. The Labute approximate surface area is 134 Å². The Morgan fingerprint density at radius 3 is 2.50 bits per heavy atom. The van der Waals surface area contributed by atoms with Gasteiger partial charge >= 0.3 is 5.97 Å². The molecule has 0 spiro atoms. The number of carbonyl (C=O) groups is 1. The van der Waals surface area contributed by atoms with Crippen LogP contribution in [0.5, 0.6) is 5.75 Å². The number of carbonyl (C=O) groups excluding carboxylic acids is 1. The van der Waals surface area contributed by atoms with E-state index < -0.39 is 0 Å². The minimum absolute atomic E-state index is 0.193. The van der Waals surface area contributed by atoms with Gasteiger partial charge in [0.1, 0.15) is 5.75 Å². The maximum atomic E-state index is 11.5. The summed E-state index contributed by atoms with van der Waals surface area (Å²) in [6.45, 7) is 9.27. The van der Waals surface area contributed by atoms with E-state index in [1.54, 1.807) is 0 Å². The van der Waals surface area contributed by atoms with Gasteiger partial charge < -0.3 is 9.47 Å². The van der Waals surface area contributed by atoms with Gasteiger partial charge in [0.05, 0.1) is 19.6 Å². The lowest BCUT2D eigenvalue weighted by Crippen LogP contribution is -2.12. The summed E-state index contributed by atoms with van der Waals surface area (Å²) >= 11 is 0. The predicted molar refractivity (Wildman–Crippen MR) is 88.4 cm³/mol. The van der Waals surface area contributed by atoms with Gasteiger partial charge in [-0.3, -0.25) is 4.79 Å². The number of hydrogen-bond donors (Lipinski definition) is 0. The summed E-state index contributed by atoms with van der Waals surface area (Å²) in [5, 5.41) is 0. The molecule has 0 aliphatic heterocycles. The van der Waals surface area contributed by atoms with E-state index in [-0.39, 0.29) is 5.97 Å². The van der Waals surface area contributed by atoms with E-state index in [0.717, 1.165) is 11.7 Å². The van der Waals surface area contributed by atoms with Crippen LogP contribution in [0.4, 0.5) is 0 Å². The highest BCUT2D eigenvalue weighted by Crippen LogP contribution is 2.46. The average Bonchev–Trinajstić information content (AvgIpc) is 3.31. The molecule has 0 amide bonds. The highest BCUT2D eigenvalue weighted by atomic mass is 16.5. The van der Waals surface area contributed by atoms with E-state index >= 15 is 0 Å². The topological polar surface area (TPSA) is 35.5 Å². The monoisotopic (exact) mass is 304 g/mol. The fraction of sp³-hybridized carbons (Fsp3) is 0.632. The molecule has 1 aromatic rings. The number of esters is 1. The quantitative estimate of drug-likeness (QED) is 0.655. The third-order valence-electron chi connectivity index (χ3n) is 4.38. The van der Waals surface area contributed by atoms with Crippen molar-refractivity contribution in [2.24, 2.45) is 5.92 Å². The van der Waals surface area contributed by atoms with Gasteiger partial charge in [0.15, 0.2) is 0 Å². The fourth-order valence-corrected chi connectivity index (χ4v) is 2.87. The first-order chi connectivity index (χ1) is 10.5. The van der Waals surface area contributed by atoms with E-state index in [2.05, 4.69) is 39.0 Å². The average molecular weight is 304 g/mol. The molecule has 0 bridgehead atoms. The van der Waals surface area contributed by atoms with Crippen molar-refractivity contribution in [1.29, 1.82) is 0 Å². The zero-order chi connectivity index (χ0) is 16.1. The van der Waals surface area contributed by atoms with Crippen LogP contribution >= 0.6 is 0 Å². The molecule has 1 aliphatic rings. The van der Waals surface area contributed by atoms with Gasteiger partial charge in [-0.15, -0.1) is 0 Å². The molecular formula is C19H28O3. The molecule has 3 nitrogen and oxygen atoms in total. The lowest BCUT2D eigenvalue weighted by atomic mass is 9.90. The van der Waals surface area contributed by atoms with Crippen LogP contribution in [-0.2, 0) is 9.53 Å². The molecule has 0 aromatic heterocycles. The third-order valence-corrected chi connectivity index (χ3v) is 4.38. The zero-order valence-electron chi connectivity index (χ0n) is 14.2. The molecule has 2 rings (SSSR count). The molecule has 0 radical (unpaired) electrons. The first-order valence-electron chi connectivity index (χ1n) is 8.45. The number of para-hydroxylation sites is 1. The molecule has 122 valence electrons. The van der Waals surface area contributed by atoms with Crippen molar-refractivity contribution in [3.8, 4) is 5.75 Å². The van der Waals surface area contributed by atoms with Gasteiger partial charge in [-0.05, 0) is 48.6 Å². The predicted octanol–water partition coefficient (Wildman–Crippen LogP) is 4.66. The van der Waals surface area contributed by atoms with Crippen LogP contribution in [0, 0.1) is 5.92 Å². The standard InChI is InChI=1S/C19H28O3/c1-5-21-18(20)11-12-22-19-16(13(2)3)7-6-8-17(19)14(4)15-9-10-15/h6-8,13-15H,5,9-12H2,1-4H3. The second-order valence-electron chi connectivity index (χ2n) is 6.45. The first kappa shape index (κ1) is 16.9. The van der Waals surface area contributed by atoms with Crippen molar-refractivity contribution in [3.05, 3.63) is 29.3 Å². The molecule has 0 N–H and O–H groups in total. The van der Waals surface area contributed by atoms with Crippen LogP contribution in [-0.4, -0.2) is 19.2 Å². The van der Waals surface area contributed by atoms with Crippen molar-refractivity contribution < 1.29 is 14.3 Å². The Balaban J connectivity index is 2.13. The Kier molecular flexibility index (Phi) is 5.87. The van der Waals surface area contributed by atoms with Gasteiger partial charge in [0.2, 0.25) is 0 Å². The van der Waals surface area contributed by atoms with Gasteiger partial charge in [-0.25, -0.2) is 0 Å². The Morgan fingerprint density at radius 1 is 1.23 bits per heavy atom. The number of hydrogen-bond acceptors (Lipinski definition) is 3. The third kappa shape index (κ3) is 4.25. The summed E-state index contributed by atoms with van der Waals surface area (Å²) in [6, 6.07) is 6.43. The zero-order valence-corrected chi connectivity index (χ0v) is 14.2. The summed E-state index contributed by atoms with van der Waals surface area (Å²) in [5.74, 6) is 2.51. The normalized spacial score (nSPS) is 15.7. The summed E-state index contributed by atoms with van der Waals surface area (Å²) in [7, 11) is 0. The van der Waals surface area contributed by atoms with Crippen molar-refractivity contribution >= 4 is 5.97 Å². The highest BCUT2D eigenvalue weighted by Gasteiger charge is 2.31. The molecule has 1 atom stereocenters. The van der Waals surface area contributed by atoms with E-state index in [9.17, 15) is 4.79 Å². The maximum Gasteiger partial charge on any atom is 0.309 e. The van der Waals surface area contributed by atoms with Crippen molar-refractivity contribution in [3.63, 3.8) is 0 Å². The number of ether oxygens (including phenoxy) is 2. The molecule has 1 saturated carbocycles. The molecule has 0 heterocycles. The fourth-order valence-electron chi connectivity index (χ4n) is 2.87. The second kappa shape index (κ2) is 7.66. The van der Waals surface area contributed by atoms with Gasteiger partial charge in [0, 0.05) is 0 Å². The summed E-state index contributed by atoms with van der Waals surface area (Å²) in [5.41, 5.74) is 2.52. The van der Waals surface area contributed by atoms with E-state index in [1.165, 1.54) is 24.0 Å². The maximum absolute atomic E-state index is 11.5. The lowest BCUT2D eigenvalue weighted by molar-refractivity contribution is -0.143. The molecule has 3 heteroatoms. The van der Waals surface area contributed by atoms with Gasteiger partial charge in [-0.2, -0.15) is 0 Å². The van der Waals surface area contributed by atoms with Crippen LogP contribution in [0.1, 0.15) is 69.9 Å². The van der Waals surface area contributed by atoms with E-state index in [1.807, 2.05) is 6.92 Å². The summed E-state index contributed by atoms with van der Waals surface area (Å²) in [4.78, 5) is 11.5. The lowest BCUT2D eigenvalue weighted by Gasteiger charge is -2.21. The molecule has 22 heavy (non-hydrogen) atoms. The molecule has 1 aliphatic carbocycles. The van der Waals surface area contributed by atoms with E-state index in [0.29, 0.717) is 31.5 Å². The molecule has 0 saturated heterocycles. The second-order valence-corrected chi connectivity index (χ2v) is 6.45. The van der Waals surface area contributed by atoms with Crippen LogP contribution in [0.3, 0.4) is 0 Å². The highest BCUT2D eigenvalue weighted by molar-refractivity contribution is 5.69. The van der Waals surface area contributed by atoms with Crippen molar-refractivity contribution in [1.82, 2.24) is 0 Å². The Morgan fingerprint density at radius 2 is 1.91 bits per heavy atom. The Hall–Kier alpha value is -1.51. The summed E-state index contributed by atoms with van der Waals surface area (Å²) in [6.07, 6.45) is 2.93. The van der Waals surface area contributed by atoms with Crippen LogP contribution < -0.4 is 4.74 Å². The number of benzene rings is 1. The van der Waals surface area contributed by atoms with E-state index in [4.69, 9.17) is 9.47 Å².